The minimum Gasteiger partial charge on any atom is -0.379 e. The highest BCUT2D eigenvalue weighted by atomic mass is 19.2. The predicted molar refractivity (Wildman–Crippen MR) is 140 cm³/mol. The number of halogens is 2. The minimum absolute atomic E-state index is 0.0886. The molecule has 5 rings (SSSR count). The summed E-state index contributed by atoms with van der Waals surface area (Å²) in [6.07, 6.45) is 2.29. The van der Waals surface area contributed by atoms with Gasteiger partial charge in [-0.3, -0.25) is 9.69 Å². The first-order valence-electron chi connectivity index (χ1n) is 12.9. The summed E-state index contributed by atoms with van der Waals surface area (Å²) in [5.41, 5.74) is 4.20. The van der Waals surface area contributed by atoms with Gasteiger partial charge < -0.3 is 14.6 Å². The van der Waals surface area contributed by atoms with Crippen LogP contribution in [0.15, 0.2) is 60.8 Å². The van der Waals surface area contributed by atoms with Crippen molar-refractivity contribution in [3.8, 4) is 0 Å². The Kier molecular flexibility index (Phi) is 8.05. The van der Waals surface area contributed by atoms with E-state index in [1.807, 2.05) is 17.6 Å². The van der Waals surface area contributed by atoms with E-state index in [1.165, 1.54) is 17.7 Å². The molecule has 0 spiro atoms. The van der Waals surface area contributed by atoms with Gasteiger partial charge in [0, 0.05) is 38.7 Å². The summed E-state index contributed by atoms with van der Waals surface area (Å²) < 4.78 is 34.5. The summed E-state index contributed by atoms with van der Waals surface area (Å²) in [7, 11) is 0. The molecule has 1 saturated heterocycles. The Bertz CT molecular complexity index is 1400. The molecule has 0 bridgehead atoms. The van der Waals surface area contributed by atoms with Gasteiger partial charge in [0.05, 0.1) is 25.8 Å². The van der Waals surface area contributed by atoms with E-state index in [0.717, 1.165) is 44.5 Å². The first kappa shape index (κ1) is 25.9. The Balaban J connectivity index is 1.21. The number of carbonyl (C=O) groups is 1. The highest BCUT2D eigenvalue weighted by Gasteiger charge is 2.16. The lowest BCUT2D eigenvalue weighted by atomic mass is 10.1. The number of hydrogen-bond donors (Lipinski definition) is 1. The number of amides is 1. The van der Waals surface area contributed by atoms with Crippen LogP contribution in [0.2, 0.25) is 0 Å². The molecule has 1 aliphatic heterocycles. The third-order valence-electron chi connectivity index (χ3n) is 6.85. The van der Waals surface area contributed by atoms with Gasteiger partial charge in [0.15, 0.2) is 17.3 Å². The lowest BCUT2D eigenvalue weighted by Gasteiger charge is -2.26. The van der Waals surface area contributed by atoms with Crippen LogP contribution in [-0.2, 0) is 29.0 Å². The molecule has 198 valence electrons. The Morgan fingerprint density at radius 1 is 1.03 bits per heavy atom. The molecule has 38 heavy (non-hydrogen) atoms. The van der Waals surface area contributed by atoms with Crippen molar-refractivity contribution < 1.29 is 18.3 Å². The van der Waals surface area contributed by atoms with Gasteiger partial charge in [0.25, 0.3) is 0 Å². The number of hydrogen-bond acceptors (Lipinski definition) is 5. The molecule has 1 aliphatic rings. The van der Waals surface area contributed by atoms with Crippen molar-refractivity contribution in [3.63, 3.8) is 0 Å². The summed E-state index contributed by atoms with van der Waals surface area (Å²) in [6.45, 7) is 6.58. The van der Waals surface area contributed by atoms with Crippen LogP contribution in [0.4, 0.5) is 8.78 Å². The highest BCUT2D eigenvalue weighted by molar-refractivity contribution is 5.77. The first-order valence-corrected chi connectivity index (χ1v) is 12.9. The zero-order valence-corrected chi connectivity index (χ0v) is 21.4. The Labute approximate surface area is 220 Å². The number of ether oxygens (including phenoxy) is 1. The lowest BCUT2D eigenvalue weighted by molar-refractivity contribution is -0.121. The number of rotatable bonds is 9. The molecule has 1 fully saturated rings. The number of benzene rings is 2. The number of nitrogens with one attached hydrogen (secondary N) is 1. The fourth-order valence-corrected chi connectivity index (χ4v) is 4.73. The van der Waals surface area contributed by atoms with Gasteiger partial charge in [-0.15, -0.1) is 0 Å². The number of carbonyl (C=O) groups excluding carboxylic acids is 1. The summed E-state index contributed by atoms with van der Waals surface area (Å²) in [5.74, 6) is -1.21. The quantitative estimate of drug-likeness (QED) is 0.355. The van der Waals surface area contributed by atoms with Crippen molar-refractivity contribution in [1.29, 1.82) is 0 Å². The summed E-state index contributed by atoms with van der Waals surface area (Å²) in [4.78, 5) is 24.3. The zero-order chi connectivity index (χ0) is 26.5. The third-order valence-corrected chi connectivity index (χ3v) is 6.85. The third kappa shape index (κ3) is 6.23. The van der Waals surface area contributed by atoms with Gasteiger partial charge >= 0.3 is 0 Å². The van der Waals surface area contributed by atoms with E-state index in [4.69, 9.17) is 4.74 Å². The van der Waals surface area contributed by atoms with Crippen molar-refractivity contribution in [2.24, 2.45) is 0 Å². The second-order valence-electron chi connectivity index (χ2n) is 9.63. The van der Waals surface area contributed by atoms with E-state index in [9.17, 15) is 13.6 Å². The van der Waals surface area contributed by atoms with E-state index in [2.05, 4.69) is 44.5 Å². The Morgan fingerprint density at radius 3 is 2.55 bits per heavy atom. The van der Waals surface area contributed by atoms with Crippen LogP contribution >= 0.6 is 0 Å². The second-order valence-corrected chi connectivity index (χ2v) is 9.63. The molecule has 1 atom stereocenters. The molecule has 3 heterocycles. The van der Waals surface area contributed by atoms with Crippen LogP contribution in [0.5, 0.6) is 0 Å². The van der Waals surface area contributed by atoms with Crippen LogP contribution < -0.4 is 5.32 Å². The fourth-order valence-electron chi connectivity index (χ4n) is 4.73. The maximum absolute atomic E-state index is 13.8. The first-order chi connectivity index (χ1) is 18.5. The number of imidazole rings is 1. The van der Waals surface area contributed by atoms with E-state index in [0.29, 0.717) is 29.0 Å². The standard InChI is InChI=1S/C29H31F2N5O2/c1-20(23-7-4-21(5-8-23)18-35-13-15-38-16-14-35)33-28(37)11-10-27-34-26-3-2-12-32-29(26)36(27)19-22-6-9-24(30)25(31)17-22/h2-9,12,17,20H,10-11,13-16,18-19H2,1H3,(H,33,37)/t20-/m0/s1. The maximum atomic E-state index is 13.8. The van der Waals surface area contributed by atoms with E-state index in [-0.39, 0.29) is 24.9 Å². The van der Waals surface area contributed by atoms with Crippen molar-refractivity contribution in [3.05, 3.63) is 94.9 Å². The number of morpholine rings is 1. The molecule has 0 radical (unpaired) electrons. The summed E-state index contributed by atoms with van der Waals surface area (Å²) in [5, 5.41) is 3.07. The number of aromatic nitrogens is 3. The molecule has 1 amide bonds. The largest absolute Gasteiger partial charge is 0.379 e. The monoisotopic (exact) mass is 519 g/mol. The second kappa shape index (κ2) is 11.8. The van der Waals surface area contributed by atoms with Gasteiger partial charge in [0.1, 0.15) is 11.3 Å². The summed E-state index contributed by atoms with van der Waals surface area (Å²) >= 11 is 0. The Hall–Kier alpha value is -3.69. The molecule has 2 aromatic heterocycles. The maximum Gasteiger partial charge on any atom is 0.220 e. The van der Waals surface area contributed by atoms with Crippen molar-refractivity contribution in [2.75, 3.05) is 26.3 Å². The molecular formula is C29H31F2N5O2. The van der Waals surface area contributed by atoms with Crippen LogP contribution in [0.1, 0.15) is 41.9 Å². The van der Waals surface area contributed by atoms with Crippen LogP contribution in [0.25, 0.3) is 11.2 Å². The van der Waals surface area contributed by atoms with Crippen LogP contribution in [0, 0.1) is 11.6 Å². The number of pyridine rings is 1. The highest BCUT2D eigenvalue weighted by Crippen LogP contribution is 2.19. The number of nitrogens with zero attached hydrogens (tertiary/aromatic N) is 4. The van der Waals surface area contributed by atoms with Crippen molar-refractivity contribution in [2.45, 2.75) is 38.9 Å². The molecule has 0 unspecified atom stereocenters. The normalized spacial score (nSPS) is 15.0. The van der Waals surface area contributed by atoms with Gasteiger partial charge in [-0.1, -0.05) is 30.3 Å². The number of fused-ring (bicyclic) bond motifs is 1. The van der Waals surface area contributed by atoms with Crippen molar-refractivity contribution in [1.82, 2.24) is 24.8 Å². The van der Waals surface area contributed by atoms with Crippen LogP contribution in [-0.4, -0.2) is 51.6 Å². The summed E-state index contributed by atoms with van der Waals surface area (Å²) in [6, 6.07) is 15.7. The predicted octanol–water partition coefficient (Wildman–Crippen LogP) is 4.40. The molecule has 7 nitrogen and oxygen atoms in total. The smallest absolute Gasteiger partial charge is 0.220 e. The van der Waals surface area contributed by atoms with Crippen molar-refractivity contribution >= 4 is 17.1 Å². The fraction of sp³-hybridized carbons (Fsp3) is 0.345. The number of aryl methyl sites for hydroxylation is 1. The van der Waals surface area contributed by atoms with Gasteiger partial charge in [0.2, 0.25) is 5.91 Å². The van der Waals surface area contributed by atoms with Gasteiger partial charge in [-0.25, -0.2) is 18.7 Å². The van der Waals surface area contributed by atoms with E-state index >= 15 is 0 Å². The zero-order valence-electron chi connectivity index (χ0n) is 21.4. The molecule has 0 saturated carbocycles. The minimum atomic E-state index is -0.899. The van der Waals surface area contributed by atoms with Gasteiger partial charge in [-0.2, -0.15) is 0 Å². The molecule has 4 aromatic rings. The van der Waals surface area contributed by atoms with Crippen LogP contribution in [0.3, 0.4) is 0 Å². The average Bonchev–Trinajstić information content (AvgIpc) is 3.27. The van der Waals surface area contributed by atoms with E-state index < -0.39 is 11.6 Å². The molecular weight excluding hydrogens is 488 g/mol. The molecule has 0 aliphatic carbocycles. The Morgan fingerprint density at radius 2 is 1.79 bits per heavy atom. The molecule has 9 heteroatoms. The SMILES string of the molecule is C[C@H](NC(=O)CCc1nc2cccnc2n1Cc1ccc(F)c(F)c1)c1ccc(CN2CCOCC2)cc1. The topological polar surface area (TPSA) is 72.3 Å². The lowest BCUT2D eigenvalue weighted by Crippen LogP contribution is -2.35. The molecule has 2 aromatic carbocycles. The molecule has 1 N–H and O–H groups in total. The van der Waals surface area contributed by atoms with Gasteiger partial charge in [-0.05, 0) is 47.9 Å². The average molecular weight is 520 g/mol. The van der Waals surface area contributed by atoms with E-state index in [1.54, 1.807) is 12.3 Å².